The second kappa shape index (κ2) is 4.84. The number of methoxy groups -OCH3 is 3. The second-order valence-corrected chi connectivity index (χ2v) is 3.08. The first-order valence-corrected chi connectivity index (χ1v) is 4.98. The van der Waals surface area contributed by atoms with Crippen LogP contribution in [0.5, 0.6) is 0 Å². The van der Waals surface area contributed by atoms with Crippen molar-refractivity contribution in [3.8, 4) is 0 Å². The minimum atomic E-state index is -1.09. The fourth-order valence-corrected chi connectivity index (χ4v) is 1.86. The van der Waals surface area contributed by atoms with Gasteiger partial charge in [0.15, 0.2) is 0 Å². The second-order valence-electron chi connectivity index (χ2n) is 2.26. The average Bonchev–Trinajstić information content (AvgIpc) is 2.06. The molecule has 0 saturated carbocycles. The monoisotopic (exact) mass is 179 g/mol. The van der Waals surface area contributed by atoms with Crippen LogP contribution >= 0.6 is 0 Å². The molecule has 0 rings (SSSR count). The van der Waals surface area contributed by atoms with E-state index >= 15 is 0 Å². The van der Waals surface area contributed by atoms with Crippen LogP contribution in [0.2, 0.25) is 6.04 Å². The summed E-state index contributed by atoms with van der Waals surface area (Å²) in [5.74, 6) is -1.09. The molecule has 1 unspecified atom stereocenters. The van der Waals surface area contributed by atoms with E-state index in [9.17, 15) is 0 Å². The third kappa shape index (κ3) is 2.53. The smallest absolute Gasteiger partial charge is 0.251 e. The number of hydrogen-bond acceptors (Lipinski definition) is 4. The van der Waals surface area contributed by atoms with Gasteiger partial charge in [-0.3, -0.25) is 5.73 Å². The largest absolute Gasteiger partial charge is 0.375 e. The van der Waals surface area contributed by atoms with Crippen LogP contribution in [0.3, 0.4) is 0 Å². The van der Waals surface area contributed by atoms with Crippen LogP contribution in [0.4, 0.5) is 0 Å². The Hall–Kier alpha value is 0.0569. The lowest BCUT2D eigenvalue weighted by Gasteiger charge is -2.32. The highest BCUT2D eigenvalue weighted by Gasteiger charge is 2.34. The molecule has 0 amide bonds. The fourth-order valence-electron chi connectivity index (χ4n) is 0.962. The zero-order chi connectivity index (χ0) is 8.91. The molecule has 0 spiro atoms. The van der Waals surface area contributed by atoms with Crippen LogP contribution in [0.15, 0.2) is 0 Å². The molecule has 4 nitrogen and oxygen atoms in total. The summed E-state index contributed by atoms with van der Waals surface area (Å²) in [7, 11) is 5.62. The van der Waals surface area contributed by atoms with Crippen molar-refractivity contribution in [2.45, 2.75) is 18.1 Å². The molecule has 0 aromatic heterocycles. The Kier molecular flexibility index (Phi) is 4.86. The van der Waals surface area contributed by atoms with Crippen LogP contribution in [0, 0.1) is 0 Å². The van der Waals surface area contributed by atoms with Gasteiger partial charge < -0.3 is 14.2 Å². The summed E-state index contributed by atoms with van der Waals surface area (Å²) in [6.07, 6.45) is -0.177. The maximum atomic E-state index is 5.71. The first kappa shape index (κ1) is 11.1. The predicted octanol–water partition coefficient (Wildman–Crippen LogP) is -1.31. The van der Waals surface area contributed by atoms with Crippen LogP contribution < -0.4 is 5.73 Å². The molecular weight excluding hydrogens is 162 g/mol. The van der Waals surface area contributed by atoms with E-state index in [1.54, 1.807) is 7.11 Å². The average molecular weight is 179 g/mol. The summed E-state index contributed by atoms with van der Waals surface area (Å²) in [5.41, 5.74) is 5.71. The van der Waals surface area contributed by atoms with Gasteiger partial charge in [-0.15, -0.1) is 0 Å². The van der Waals surface area contributed by atoms with Crippen LogP contribution in [0.25, 0.3) is 0 Å². The standard InChI is InChI=1S/C6H17NO3Si/c1-8-5(4-11)6(7,9-2)10-3/h5H,4,7H2,1-3,11H3. The third-order valence-electron chi connectivity index (χ3n) is 1.74. The molecule has 0 saturated heterocycles. The van der Waals surface area contributed by atoms with Gasteiger partial charge in [-0.1, -0.05) is 0 Å². The van der Waals surface area contributed by atoms with Gasteiger partial charge in [-0.25, -0.2) is 0 Å². The van der Waals surface area contributed by atoms with Gasteiger partial charge in [-0.2, -0.15) is 0 Å². The number of nitrogens with two attached hydrogens (primary N) is 1. The van der Waals surface area contributed by atoms with Crippen molar-refractivity contribution in [1.82, 2.24) is 0 Å². The number of hydrogen-bond donors (Lipinski definition) is 1. The normalized spacial score (nSPS) is 15.3. The van der Waals surface area contributed by atoms with Gasteiger partial charge in [0.05, 0.1) is 0 Å². The maximum absolute atomic E-state index is 5.71. The Morgan fingerprint density at radius 1 is 1.36 bits per heavy atom. The molecule has 0 aromatic rings. The highest BCUT2D eigenvalue weighted by atomic mass is 28.1. The molecule has 0 aliphatic heterocycles. The molecule has 11 heavy (non-hydrogen) atoms. The molecular formula is C6H17NO3Si. The fraction of sp³-hybridized carbons (Fsp3) is 1.00. The predicted molar refractivity (Wildman–Crippen MR) is 46.5 cm³/mol. The maximum Gasteiger partial charge on any atom is 0.251 e. The van der Waals surface area contributed by atoms with E-state index in [-0.39, 0.29) is 6.10 Å². The molecule has 0 fully saturated rings. The van der Waals surface area contributed by atoms with Gasteiger partial charge in [0.1, 0.15) is 6.10 Å². The molecule has 0 heterocycles. The Bertz CT molecular complexity index is 104. The number of ether oxygens (including phenoxy) is 3. The minimum Gasteiger partial charge on any atom is -0.375 e. The van der Waals surface area contributed by atoms with Crippen molar-refractivity contribution in [2.24, 2.45) is 5.73 Å². The van der Waals surface area contributed by atoms with Crippen molar-refractivity contribution in [3.05, 3.63) is 0 Å². The highest BCUT2D eigenvalue weighted by Crippen LogP contribution is 2.14. The van der Waals surface area contributed by atoms with Crippen LogP contribution in [-0.4, -0.2) is 43.6 Å². The van der Waals surface area contributed by atoms with Crippen LogP contribution in [-0.2, 0) is 14.2 Å². The summed E-state index contributed by atoms with van der Waals surface area (Å²) in [4.78, 5) is 0. The molecule has 5 heteroatoms. The van der Waals surface area contributed by atoms with E-state index in [0.29, 0.717) is 0 Å². The lowest BCUT2D eigenvalue weighted by atomic mass is 10.3. The van der Waals surface area contributed by atoms with Gasteiger partial charge >= 0.3 is 0 Å². The lowest BCUT2D eigenvalue weighted by molar-refractivity contribution is -0.256. The van der Waals surface area contributed by atoms with Gasteiger partial charge in [-0.05, 0) is 6.04 Å². The van der Waals surface area contributed by atoms with E-state index in [1.807, 2.05) is 0 Å². The molecule has 0 aromatic carbocycles. The SMILES string of the molecule is COC(C[SiH3])C(N)(OC)OC. The molecule has 1 atom stereocenters. The minimum absolute atomic E-state index is 0.177. The van der Waals surface area contributed by atoms with E-state index in [1.165, 1.54) is 14.2 Å². The quantitative estimate of drug-likeness (QED) is 0.420. The molecule has 0 aliphatic carbocycles. The molecule has 0 aliphatic rings. The summed E-state index contributed by atoms with van der Waals surface area (Å²) in [6, 6.07) is 0.884. The molecule has 2 N–H and O–H groups in total. The molecule has 68 valence electrons. The van der Waals surface area contributed by atoms with Gasteiger partial charge in [0, 0.05) is 31.6 Å². The topological polar surface area (TPSA) is 53.7 Å². The van der Waals surface area contributed by atoms with Crippen molar-refractivity contribution in [1.29, 1.82) is 0 Å². The van der Waals surface area contributed by atoms with Crippen molar-refractivity contribution >= 4 is 10.2 Å². The summed E-state index contributed by atoms with van der Waals surface area (Å²) < 4.78 is 15.1. The number of rotatable bonds is 5. The van der Waals surface area contributed by atoms with E-state index < -0.39 is 5.91 Å². The third-order valence-corrected chi connectivity index (χ3v) is 2.48. The zero-order valence-electron chi connectivity index (χ0n) is 7.59. The Morgan fingerprint density at radius 2 is 1.82 bits per heavy atom. The Balaban J connectivity index is 4.19. The Labute approximate surface area is 70.4 Å². The van der Waals surface area contributed by atoms with Gasteiger partial charge in [0.2, 0.25) is 0 Å². The molecule has 0 bridgehead atoms. The first-order valence-electron chi connectivity index (χ1n) is 3.56. The van der Waals surface area contributed by atoms with Crippen molar-refractivity contribution in [3.63, 3.8) is 0 Å². The highest BCUT2D eigenvalue weighted by molar-refractivity contribution is 6.08. The van der Waals surface area contributed by atoms with Crippen molar-refractivity contribution < 1.29 is 14.2 Å². The van der Waals surface area contributed by atoms with Crippen LogP contribution in [0.1, 0.15) is 0 Å². The zero-order valence-corrected chi connectivity index (χ0v) is 9.59. The first-order chi connectivity index (χ1) is 5.14. The lowest BCUT2D eigenvalue weighted by Crippen LogP contribution is -2.54. The van der Waals surface area contributed by atoms with E-state index in [0.717, 1.165) is 16.3 Å². The summed E-state index contributed by atoms with van der Waals surface area (Å²) >= 11 is 0. The Morgan fingerprint density at radius 3 is 1.91 bits per heavy atom. The summed E-state index contributed by atoms with van der Waals surface area (Å²) in [6.45, 7) is 0. The summed E-state index contributed by atoms with van der Waals surface area (Å²) in [5, 5.41) is 0. The van der Waals surface area contributed by atoms with Crippen molar-refractivity contribution in [2.75, 3.05) is 21.3 Å². The molecule has 0 radical (unpaired) electrons. The van der Waals surface area contributed by atoms with E-state index in [2.05, 4.69) is 0 Å². The van der Waals surface area contributed by atoms with E-state index in [4.69, 9.17) is 19.9 Å². The van der Waals surface area contributed by atoms with Gasteiger partial charge in [0.25, 0.3) is 5.91 Å².